The number of anilines is 1. The molecule has 6 nitrogen and oxygen atoms in total. The molecule has 118 valence electrons. The fraction of sp³-hybridized carbons (Fsp3) is 0.500. The van der Waals surface area contributed by atoms with E-state index in [9.17, 15) is 13.2 Å². The molecule has 0 fully saturated rings. The Balaban J connectivity index is 3.01. The van der Waals surface area contributed by atoms with E-state index in [1.807, 2.05) is 0 Å². The molecule has 0 saturated heterocycles. The lowest BCUT2D eigenvalue weighted by Crippen LogP contribution is -2.28. The van der Waals surface area contributed by atoms with Crippen molar-refractivity contribution in [3.05, 3.63) is 23.8 Å². The molecule has 21 heavy (non-hydrogen) atoms. The van der Waals surface area contributed by atoms with Crippen molar-refractivity contribution in [3.63, 3.8) is 0 Å². The molecular weight excluding hydrogens is 292 g/mol. The summed E-state index contributed by atoms with van der Waals surface area (Å²) in [6, 6.07) is 4.06. The van der Waals surface area contributed by atoms with Crippen LogP contribution in [0.3, 0.4) is 0 Å². The summed E-state index contributed by atoms with van der Waals surface area (Å²) < 4.78 is 30.7. The minimum atomic E-state index is -3.64. The van der Waals surface area contributed by atoms with Crippen LogP contribution in [0.2, 0.25) is 0 Å². The zero-order valence-electron chi connectivity index (χ0n) is 12.6. The maximum atomic E-state index is 12.4. The highest BCUT2D eigenvalue weighted by Gasteiger charge is 2.23. The Morgan fingerprint density at radius 2 is 2.00 bits per heavy atom. The van der Waals surface area contributed by atoms with Crippen LogP contribution < -0.4 is 5.73 Å². The normalized spacial score (nSPS) is 11.6. The number of carbonyl (C=O) groups is 1. The first-order valence-electron chi connectivity index (χ1n) is 6.78. The van der Waals surface area contributed by atoms with Gasteiger partial charge >= 0.3 is 5.97 Å². The van der Waals surface area contributed by atoms with E-state index in [0.717, 1.165) is 19.3 Å². The zero-order valence-corrected chi connectivity index (χ0v) is 13.4. The molecule has 0 spiro atoms. The number of nitrogens with two attached hydrogens (primary N) is 1. The lowest BCUT2D eigenvalue weighted by atomic mass is 10.2. The SMILES string of the molecule is CCCCCN(C)S(=O)(=O)c1ccc(C(=O)OC)cc1N. The summed E-state index contributed by atoms with van der Waals surface area (Å²) in [4.78, 5) is 11.4. The second kappa shape index (κ2) is 7.42. The van der Waals surface area contributed by atoms with Gasteiger partial charge in [0.2, 0.25) is 10.0 Å². The highest BCUT2D eigenvalue weighted by Crippen LogP contribution is 2.23. The minimum Gasteiger partial charge on any atom is -0.465 e. The number of methoxy groups -OCH3 is 1. The third-order valence-electron chi connectivity index (χ3n) is 3.20. The number of hydrogen-bond acceptors (Lipinski definition) is 5. The van der Waals surface area contributed by atoms with Gasteiger partial charge in [0.05, 0.1) is 18.4 Å². The van der Waals surface area contributed by atoms with Crippen molar-refractivity contribution < 1.29 is 17.9 Å². The van der Waals surface area contributed by atoms with Gasteiger partial charge in [-0.05, 0) is 24.6 Å². The molecule has 0 aromatic heterocycles. The van der Waals surface area contributed by atoms with Crippen LogP contribution in [0.1, 0.15) is 36.5 Å². The fourth-order valence-corrected chi connectivity index (χ4v) is 3.20. The van der Waals surface area contributed by atoms with Gasteiger partial charge in [-0.25, -0.2) is 17.5 Å². The predicted molar refractivity (Wildman–Crippen MR) is 81.5 cm³/mol. The van der Waals surface area contributed by atoms with Crippen LogP contribution in [0, 0.1) is 0 Å². The third-order valence-corrected chi connectivity index (χ3v) is 5.13. The van der Waals surface area contributed by atoms with Crippen molar-refractivity contribution >= 4 is 21.7 Å². The summed E-state index contributed by atoms with van der Waals surface area (Å²) >= 11 is 0. The van der Waals surface area contributed by atoms with Crippen LogP contribution in [0.15, 0.2) is 23.1 Å². The van der Waals surface area contributed by atoms with Crippen LogP contribution in [0.4, 0.5) is 5.69 Å². The molecule has 0 unspecified atom stereocenters. The summed E-state index contributed by atoms with van der Waals surface area (Å²) in [6.45, 7) is 2.49. The van der Waals surface area contributed by atoms with Crippen LogP contribution >= 0.6 is 0 Å². The number of nitrogen functional groups attached to an aromatic ring is 1. The molecule has 0 radical (unpaired) electrons. The summed E-state index contributed by atoms with van der Waals surface area (Å²) in [6.07, 6.45) is 2.78. The monoisotopic (exact) mass is 314 g/mol. The average molecular weight is 314 g/mol. The van der Waals surface area contributed by atoms with E-state index in [2.05, 4.69) is 11.7 Å². The molecule has 1 rings (SSSR count). The largest absolute Gasteiger partial charge is 0.465 e. The number of benzene rings is 1. The number of nitrogens with zero attached hydrogens (tertiary/aromatic N) is 1. The van der Waals surface area contributed by atoms with Gasteiger partial charge < -0.3 is 10.5 Å². The van der Waals surface area contributed by atoms with E-state index in [1.165, 1.54) is 36.7 Å². The number of ether oxygens (including phenoxy) is 1. The van der Waals surface area contributed by atoms with Crippen LogP contribution in [0.5, 0.6) is 0 Å². The maximum Gasteiger partial charge on any atom is 0.337 e. The van der Waals surface area contributed by atoms with Gasteiger partial charge in [0, 0.05) is 13.6 Å². The van der Waals surface area contributed by atoms with E-state index in [-0.39, 0.29) is 16.1 Å². The first kappa shape index (κ1) is 17.5. The number of rotatable bonds is 7. The van der Waals surface area contributed by atoms with Crippen molar-refractivity contribution in [2.24, 2.45) is 0 Å². The quantitative estimate of drug-likeness (QED) is 0.471. The number of sulfonamides is 1. The molecule has 0 aliphatic heterocycles. The molecule has 0 saturated carbocycles. The first-order chi connectivity index (χ1) is 9.84. The van der Waals surface area contributed by atoms with Gasteiger partial charge in [-0.15, -0.1) is 0 Å². The highest BCUT2D eigenvalue weighted by molar-refractivity contribution is 7.89. The molecule has 0 amide bonds. The number of hydrogen-bond donors (Lipinski definition) is 1. The predicted octanol–water partition coefficient (Wildman–Crippen LogP) is 1.87. The zero-order chi connectivity index (χ0) is 16.0. The molecule has 0 aliphatic rings. The Labute approximate surface area is 125 Å². The van der Waals surface area contributed by atoms with Crippen molar-refractivity contribution in [1.29, 1.82) is 0 Å². The van der Waals surface area contributed by atoms with Gasteiger partial charge in [0.15, 0.2) is 0 Å². The summed E-state index contributed by atoms with van der Waals surface area (Å²) in [7, 11) is -0.862. The third kappa shape index (κ3) is 4.18. The van der Waals surface area contributed by atoms with Crippen LogP contribution in [-0.2, 0) is 14.8 Å². The average Bonchev–Trinajstić information content (AvgIpc) is 2.46. The summed E-state index contributed by atoms with van der Waals surface area (Å²) in [5.41, 5.74) is 6.05. The summed E-state index contributed by atoms with van der Waals surface area (Å²) in [5.74, 6) is -0.554. The van der Waals surface area contributed by atoms with Crippen molar-refractivity contribution in [3.8, 4) is 0 Å². The van der Waals surface area contributed by atoms with Crippen LogP contribution in [0.25, 0.3) is 0 Å². The summed E-state index contributed by atoms with van der Waals surface area (Å²) in [5, 5.41) is 0. The number of carbonyl (C=O) groups excluding carboxylic acids is 1. The Morgan fingerprint density at radius 3 is 2.52 bits per heavy atom. The van der Waals surface area contributed by atoms with Crippen LogP contribution in [-0.4, -0.2) is 39.4 Å². The topological polar surface area (TPSA) is 89.7 Å². The molecule has 0 atom stereocenters. The molecule has 1 aromatic carbocycles. The maximum absolute atomic E-state index is 12.4. The van der Waals surface area contributed by atoms with E-state index in [1.54, 1.807) is 0 Å². The highest BCUT2D eigenvalue weighted by atomic mass is 32.2. The minimum absolute atomic E-state index is 0.00847. The van der Waals surface area contributed by atoms with Gasteiger partial charge in [0.1, 0.15) is 4.90 Å². The molecule has 2 N–H and O–H groups in total. The lowest BCUT2D eigenvalue weighted by molar-refractivity contribution is 0.0600. The van der Waals surface area contributed by atoms with E-state index in [0.29, 0.717) is 6.54 Å². The van der Waals surface area contributed by atoms with Gasteiger partial charge in [-0.1, -0.05) is 19.8 Å². The van der Waals surface area contributed by atoms with Crippen molar-refractivity contribution in [1.82, 2.24) is 4.31 Å². The van der Waals surface area contributed by atoms with E-state index in [4.69, 9.17) is 5.73 Å². The lowest BCUT2D eigenvalue weighted by Gasteiger charge is -2.18. The van der Waals surface area contributed by atoms with E-state index < -0.39 is 16.0 Å². The van der Waals surface area contributed by atoms with Crippen molar-refractivity contribution in [2.75, 3.05) is 26.4 Å². The Kier molecular flexibility index (Phi) is 6.17. The Hall–Kier alpha value is -1.60. The second-order valence-electron chi connectivity index (χ2n) is 4.78. The molecular formula is C14H22N2O4S. The standard InChI is InChI=1S/C14H22N2O4S/c1-4-5-6-9-16(2)21(18,19)13-8-7-11(10-12(13)15)14(17)20-3/h7-8,10H,4-6,9,15H2,1-3H3. The fourth-order valence-electron chi connectivity index (χ4n) is 1.90. The second-order valence-corrected chi connectivity index (χ2v) is 6.79. The number of unbranched alkanes of at least 4 members (excludes halogenated alkanes) is 2. The molecule has 7 heteroatoms. The smallest absolute Gasteiger partial charge is 0.337 e. The molecule has 0 aliphatic carbocycles. The first-order valence-corrected chi connectivity index (χ1v) is 8.22. The van der Waals surface area contributed by atoms with Gasteiger partial charge in [0.25, 0.3) is 0 Å². The Bertz CT molecular complexity index is 599. The molecule has 1 aromatic rings. The molecule has 0 heterocycles. The van der Waals surface area contributed by atoms with Gasteiger partial charge in [-0.2, -0.15) is 0 Å². The van der Waals surface area contributed by atoms with Crippen molar-refractivity contribution in [2.45, 2.75) is 31.1 Å². The number of esters is 1. The molecule has 0 bridgehead atoms. The van der Waals surface area contributed by atoms with Gasteiger partial charge in [-0.3, -0.25) is 0 Å². The van der Waals surface area contributed by atoms with E-state index >= 15 is 0 Å². The Morgan fingerprint density at radius 1 is 1.33 bits per heavy atom.